The van der Waals surface area contributed by atoms with Crippen molar-refractivity contribution in [3.8, 4) is 0 Å². The predicted molar refractivity (Wildman–Crippen MR) is 619 cm³/mol. The van der Waals surface area contributed by atoms with Gasteiger partial charge in [-0.2, -0.15) is 0 Å². The second-order valence-corrected chi connectivity index (χ2v) is 47.6. The van der Waals surface area contributed by atoms with Gasteiger partial charge >= 0.3 is 0 Å². The first-order valence-electron chi connectivity index (χ1n) is 56.4. The molecule has 0 heterocycles. The molecule has 0 radical (unpaired) electrons. The molecule has 0 aliphatic heterocycles. The summed E-state index contributed by atoms with van der Waals surface area (Å²) < 4.78 is 0. The van der Waals surface area contributed by atoms with Gasteiger partial charge in [0, 0.05) is 185 Å². The van der Waals surface area contributed by atoms with E-state index in [-0.39, 0.29) is 69.6 Å². The zero-order valence-electron chi connectivity index (χ0n) is 96.6. The number of aryl methyl sites for hydroxylation is 5. The minimum atomic E-state index is -0.364. The molecule has 0 unspecified atom stereocenters. The Labute approximate surface area is 897 Å². The third-order valence-electron chi connectivity index (χ3n) is 28.5. The van der Waals surface area contributed by atoms with Crippen LogP contribution in [0, 0.1) is 198 Å². The molecular weight excluding hydrogens is 1890 g/mol. The average molecular weight is 2070 g/mol. The summed E-state index contributed by atoms with van der Waals surface area (Å²) in [6, 6.07) is 30.1. The molecule has 0 aromatic heterocycles. The van der Waals surface area contributed by atoms with Crippen molar-refractivity contribution in [3.63, 3.8) is 0 Å². The fourth-order valence-electron chi connectivity index (χ4n) is 20.3. The van der Waals surface area contributed by atoms with Crippen molar-refractivity contribution in [1.82, 2.24) is 29.4 Å². The van der Waals surface area contributed by atoms with Crippen molar-refractivity contribution in [2.24, 2.45) is 119 Å². The summed E-state index contributed by atoms with van der Waals surface area (Å²) in [5.41, 5.74) is 11.8. The third-order valence-corrected chi connectivity index (χ3v) is 28.5. The molecule has 826 valence electrons. The highest BCUT2D eigenvalue weighted by Crippen LogP contribution is 2.44. The number of aliphatic imine (C=N–C) groups is 6. The molecule has 7 fully saturated rings. The van der Waals surface area contributed by atoms with E-state index in [1.807, 2.05) is 47.6 Å². The van der Waals surface area contributed by atoms with Crippen LogP contribution in [0.15, 0.2) is 133 Å². The number of non-ortho nitro benzene ring substituents is 5. The molecule has 0 saturated heterocycles. The van der Waals surface area contributed by atoms with Gasteiger partial charge in [0.1, 0.15) is 35.0 Å². The van der Waals surface area contributed by atoms with Gasteiger partial charge in [-0.3, -0.25) is 60.7 Å². The number of hydrogen-bond acceptors (Lipinski definition) is 18. The Morgan fingerprint density at radius 1 is 0.280 bits per heavy atom. The van der Waals surface area contributed by atoms with Crippen LogP contribution in [0.2, 0.25) is 0 Å². The molecule has 7 saturated carbocycles. The van der Waals surface area contributed by atoms with Gasteiger partial charge in [0.05, 0.1) is 63.7 Å². The summed E-state index contributed by atoms with van der Waals surface area (Å²) in [7, 11) is 0. The summed E-state index contributed by atoms with van der Waals surface area (Å²) in [4.78, 5) is 109. The molecule has 30 heteroatoms. The molecule has 6 aromatic rings. The standard InChI is InChI=1S/C21H29N3O2.C20H29N3O2.C20H31N3O2.2C20H33N3O2.C19H29N3O2/c1-15-14-19(24(25)26)12-13-20(15)22-21(16-10-11-16)23(17-6-2-3-7-17)18-8-4-5-9-18;1-14(2)13-22(17-6-4-5-7-17)20(16-8-9-16)21-19-11-10-18(23(24)25)12-15(19)3;1-14(2)12-22(13-15(3)4)20(17-7-6-8-17)21-19-10-9-18(23(24)25)11-16(19)5;1-13(2)11-22(12-14(3)4)20(15(5)6)21-18-9-10-19(23(24)25)17(8)16(18)7;1-14(2)10-11-22(13-15(3)4)20(16(5)6)21-19-9-8-18(23(24)25)12-17(19)7;1-13(2)11-21(12-16-6-7-16)19(14(3)4)20-18-9-8-17(22(23)24)10-15(18)5/h12-14,16-18H,2-11H2,1H3;10-12,14,16-17H,4-9,13H2,1-3H3;9-11,14-15,17H,6-8,12-13H2,1-5H3;9-10,13-15H,11-12H2,1-8H3;8-9,12,14-16H,10-11,13H2,1-7H3;8-10,13-14,16H,6-7,11-12H2,1-5H3. The van der Waals surface area contributed by atoms with Crippen LogP contribution in [0.25, 0.3) is 0 Å². The minimum Gasteiger partial charge on any atom is -0.360 e. The van der Waals surface area contributed by atoms with Gasteiger partial charge in [-0.15, -0.1) is 0 Å². The number of nitro groups is 6. The lowest BCUT2D eigenvalue weighted by atomic mass is 9.83. The second-order valence-electron chi connectivity index (χ2n) is 47.6. The lowest BCUT2D eigenvalue weighted by Crippen LogP contribution is -2.46. The topological polar surface area (TPSA) is 352 Å². The van der Waals surface area contributed by atoms with Gasteiger partial charge in [0.2, 0.25) is 0 Å². The summed E-state index contributed by atoms with van der Waals surface area (Å²) >= 11 is 0. The Bertz CT molecular complexity index is 5490. The highest BCUT2D eigenvalue weighted by molar-refractivity contribution is 5.92. The Kier molecular flexibility index (Phi) is 49.1. The molecule has 0 bridgehead atoms. The van der Waals surface area contributed by atoms with Crippen molar-refractivity contribution in [2.45, 2.75) is 360 Å². The quantitative estimate of drug-likeness (QED) is 0.0149. The molecule has 0 N–H and O–H groups in total. The van der Waals surface area contributed by atoms with Crippen molar-refractivity contribution < 1.29 is 29.5 Å². The summed E-state index contributed by atoms with van der Waals surface area (Å²) in [6.07, 6.45) is 28.0. The molecule has 30 nitrogen and oxygen atoms in total. The highest BCUT2D eigenvalue weighted by Gasteiger charge is 2.42. The zero-order valence-corrected chi connectivity index (χ0v) is 96.6. The molecule has 7 aliphatic rings. The lowest BCUT2D eigenvalue weighted by Gasteiger charge is -2.38. The van der Waals surface area contributed by atoms with E-state index in [9.17, 15) is 60.7 Å². The maximum absolute atomic E-state index is 11.1. The summed E-state index contributed by atoms with van der Waals surface area (Å²) in [5.74, 6) is 14.8. The van der Waals surface area contributed by atoms with E-state index in [1.54, 1.807) is 91.9 Å². The number of nitro benzene ring substituents is 6. The Hall–Kier alpha value is -11.5. The summed E-state index contributed by atoms with van der Waals surface area (Å²) in [6.45, 7) is 70.9. The fraction of sp³-hybridized carbons (Fsp3) is 0.650. The van der Waals surface area contributed by atoms with Gasteiger partial charge < -0.3 is 29.4 Å². The second kappa shape index (κ2) is 59.5. The third kappa shape index (κ3) is 39.6. The van der Waals surface area contributed by atoms with E-state index in [1.165, 1.54) is 164 Å². The van der Waals surface area contributed by atoms with Crippen LogP contribution in [0.1, 0.15) is 333 Å². The average Bonchev–Trinajstić information content (AvgIpc) is 1.63. The van der Waals surface area contributed by atoms with Gasteiger partial charge in [-0.25, -0.2) is 30.0 Å². The SMILES string of the molecule is Cc1c(N=C(C(C)C)N(CC(C)C)CC(C)C)ccc([N+](=O)[O-])c1C.Cc1cc([N+](=O)[O-])ccc1N=C(C(C)C)N(CC(C)C)CC1CC1.Cc1cc([N+](=O)[O-])ccc1N=C(C(C)C)N(CCC(C)C)CC(C)C.Cc1cc([N+](=O)[O-])ccc1N=C(C1CC1)N(C1CCCC1)C1CCCC1.Cc1cc([N+](=O)[O-])ccc1N=C(C1CC1)N(CC(C)C)C1CCCC1.Cc1cc([N+](=O)[O-])ccc1N=C(C1CCC1)N(CC(C)C)CC(C)C. The largest absolute Gasteiger partial charge is 0.360 e. The first-order chi connectivity index (χ1) is 70.8. The smallest absolute Gasteiger partial charge is 0.272 e. The number of amidine groups is 6. The van der Waals surface area contributed by atoms with E-state index < -0.39 is 0 Å². The Morgan fingerprint density at radius 2 is 0.567 bits per heavy atom. The molecule has 150 heavy (non-hydrogen) atoms. The van der Waals surface area contributed by atoms with Crippen LogP contribution < -0.4 is 0 Å². The molecule has 0 amide bonds. The summed E-state index contributed by atoms with van der Waals surface area (Å²) in [5, 5.41) is 65.9. The van der Waals surface area contributed by atoms with Gasteiger partial charge in [0.15, 0.2) is 0 Å². The number of hydrogen-bond donors (Lipinski definition) is 0. The van der Waals surface area contributed by atoms with Crippen LogP contribution in [0.5, 0.6) is 0 Å². The highest BCUT2D eigenvalue weighted by atomic mass is 16.6. The van der Waals surface area contributed by atoms with Gasteiger partial charge in [-0.05, 0) is 268 Å². The number of rotatable bonds is 40. The lowest BCUT2D eigenvalue weighted by molar-refractivity contribution is -0.385. The number of nitrogens with zero attached hydrogens (tertiary/aromatic N) is 18. The van der Waals surface area contributed by atoms with Crippen LogP contribution in [-0.2, 0) is 0 Å². The van der Waals surface area contributed by atoms with Gasteiger partial charge in [-0.1, -0.05) is 197 Å². The van der Waals surface area contributed by atoms with Crippen LogP contribution in [0.4, 0.5) is 68.2 Å². The van der Waals surface area contributed by atoms with Crippen LogP contribution >= 0.6 is 0 Å². The maximum atomic E-state index is 11.1. The van der Waals surface area contributed by atoms with E-state index >= 15 is 0 Å². The maximum Gasteiger partial charge on any atom is 0.272 e. The molecule has 13 rings (SSSR count). The first kappa shape index (κ1) is 124. The van der Waals surface area contributed by atoms with Crippen molar-refractivity contribution in [1.29, 1.82) is 0 Å². The van der Waals surface area contributed by atoms with E-state index in [4.69, 9.17) is 30.0 Å². The van der Waals surface area contributed by atoms with E-state index in [0.29, 0.717) is 101 Å². The normalized spacial score (nSPS) is 16.1. The molecular formula is C120H184N18O12. The molecule has 0 atom stereocenters. The molecule has 7 aliphatic carbocycles. The fourth-order valence-corrected chi connectivity index (χ4v) is 20.3. The molecule has 6 aromatic carbocycles. The van der Waals surface area contributed by atoms with Gasteiger partial charge in [0.25, 0.3) is 34.1 Å². The van der Waals surface area contributed by atoms with E-state index in [0.717, 1.165) is 156 Å². The van der Waals surface area contributed by atoms with Crippen molar-refractivity contribution in [2.75, 3.05) is 58.9 Å². The zero-order chi connectivity index (χ0) is 111. The molecule has 0 spiro atoms. The van der Waals surface area contributed by atoms with Crippen molar-refractivity contribution in [3.05, 3.63) is 203 Å². The van der Waals surface area contributed by atoms with Crippen LogP contribution in [-0.4, -0.2) is 171 Å². The minimum absolute atomic E-state index is 0.112. The van der Waals surface area contributed by atoms with Crippen LogP contribution in [0.3, 0.4) is 0 Å². The first-order valence-corrected chi connectivity index (χ1v) is 56.4. The Morgan fingerprint density at radius 3 is 0.873 bits per heavy atom. The Balaban J connectivity index is 0.000000219. The monoisotopic (exact) mass is 2070 g/mol. The van der Waals surface area contributed by atoms with E-state index in [2.05, 4.69) is 182 Å². The van der Waals surface area contributed by atoms with Crippen molar-refractivity contribution >= 4 is 103 Å². The predicted octanol–water partition coefficient (Wildman–Crippen LogP) is 32.2. The number of benzene rings is 6.